The zero-order valence-corrected chi connectivity index (χ0v) is 8.10. The van der Waals surface area contributed by atoms with Crippen LogP contribution in [0.2, 0.25) is 0 Å². The third-order valence-electron chi connectivity index (χ3n) is 3.23. The Morgan fingerprint density at radius 3 is 2.25 bits per heavy atom. The predicted molar refractivity (Wildman–Crippen MR) is 50.1 cm³/mol. The van der Waals surface area contributed by atoms with Gasteiger partial charge in [-0.3, -0.25) is 0 Å². The molecule has 1 atom stereocenters. The number of ether oxygens (including phenoxy) is 1. The van der Waals surface area contributed by atoms with Gasteiger partial charge < -0.3 is 4.74 Å². The van der Waals surface area contributed by atoms with Gasteiger partial charge in [-0.1, -0.05) is 11.1 Å². The SMILES string of the molecule is CC(C)=C1CCC(C2CO2)CC1. The lowest BCUT2D eigenvalue weighted by atomic mass is 9.82. The number of rotatable bonds is 1. The van der Waals surface area contributed by atoms with Gasteiger partial charge in [-0.2, -0.15) is 0 Å². The fourth-order valence-electron chi connectivity index (χ4n) is 2.19. The summed E-state index contributed by atoms with van der Waals surface area (Å²) in [6.45, 7) is 5.52. The molecule has 0 amide bonds. The minimum absolute atomic E-state index is 0.642. The normalized spacial score (nSPS) is 35.0. The van der Waals surface area contributed by atoms with Crippen LogP contribution < -0.4 is 0 Å². The molecule has 0 aromatic heterocycles. The van der Waals surface area contributed by atoms with E-state index < -0.39 is 0 Å². The Bertz CT molecular complexity index is 187. The van der Waals surface area contributed by atoms with Crippen molar-refractivity contribution in [1.82, 2.24) is 0 Å². The van der Waals surface area contributed by atoms with E-state index in [1.54, 1.807) is 11.1 Å². The maximum atomic E-state index is 5.33. The van der Waals surface area contributed by atoms with Gasteiger partial charge in [0.2, 0.25) is 0 Å². The van der Waals surface area contributed by atoms with Crippen molar-refractivity contribution in [2.75, 3.05) is 6.61 Å². The van der Waals surface area contributed by atoms with Gasteiger partial charge in [0.05, 0.1) is 12.7 Å². The van der Waals surface area contributed by atoms with Crippen molar-refractivity contribution >= 4 is 0 Å². The van der Waals surface area contributed by atoms with Crippen LogP contribution in [0.3, 0.4) is 0 Å². The van der Waals surface area contributed by atoms with Crippen molar-refractivity contribution in [2.45, 2.75) is 45.6 Å². The van der Waals surface area contributed by atoms with E-state index in [4.69, 9.17) is 4.74 Å². The number of hydrogen-bond donors (Lipinski definition) is 0. The van der Waals surface area contributed by atoms with Crippen LogP contribution in [0.15, 0.2) is 11.1 Å². The first-order valence-corrected chi connectivity index (χ1v) is 5.04. The molecule has 1 unspecified atom stereocenters. The molecule has 0 aromatic carbocycles. The maximum Gasteiger partial charge on any atom is 0.0838 e. The van der Waals surface area contributed by atoms with Gasteiger partial charge in [-0.25, -0.2) is 0 Å². The molecule has 68 valence electrons. The van der Waals surface area contributed by atoms with Gasteiger partial charge in [-0.15, -0.1) is 0 Å². The molecule has 1 nitrogen and oxygen atoms in total. The van der Waals surface area contributed by atoms with Crippen LogP contribution in [0.1, 0.15) is 39.5 Å². The van der Waals surface area contributed by atoms with E-state index >= 15 is 0 Å². The molecule has 0 aromatic rings. The highest BCUT2D eigenvalue weighted by atomic mass is 16.6. The van der Waals surface area contributed by atoms with E-state index in [1.165, 1.54) is 25.7 Å². The fraction of sp³-hybridized carbons (Fsp3) is 0.818. The first kappa shape index (κ1) is 8.31. The first-order valence-electron chi connectivity index (χ1n) is 5.04. The highest BCUT2D eigenvalue weighted by Gasteiger charge is 2.33. The van der Waals surface area contributed by atoms with Crippen molar-refractivity contribution in [2.24, 2.45) is 5.92 Å². The van der Waals surface area contributed by atoms with Crippen LogP contribution >= 0.6 is 0 Å². The lowest BCUT2D eigenvalue weighted by Gasteiger charge is -2.23. The summed E-state index contributed by atoms with van der Waals surface area (Å²) in [5.74, 6) is 0.882. The second-order valence-electron chi connectivity index (χ2n) is 4.31. The summed E-state index contributed by atoms with van der Waals surface area (Å²) in [7, 11) is 0. The third kappa shape index (κ3) is 1.71. The molecule has 0 N–H and O–H groups in total. The van der Waals surface area contributed by atoms with Crippen molar-refractivity contribution < 1.29 is 4.74 Å². The summed E-state index contributed by atoms with van der Waals surface area (Å²) in [6, 6.07) is 0. The average Bonchev–Trinajstić information content (AvgIpc) is 2.87. The zero-order chi connectivity index (χ0) is 8.55. The second-order valence-corrected chi connectivity index (χ2v) is 4.31. The van der Waals surface area contributed by atoms with E-state index in [9.17, 15) is 0 Å². The molecule has 1 aliphatic carbocycles. The zero-order valence-electron chi connectivity index (χ0n) is 8.10. The van der Waals surface area contributed by atoms with Gasteiger partial charge in [0.25, 0.3) is 0 Å². The molecule has 1 aliphatic heterocycles. The minimum atomic E-state index is 0.642. The molecule has 2 aliphatic rings. The van der Waals surface area contributed by atoms with E-state index in [2.05, 4.69) is 13.8 Å². The summed E-state index contributed by atoms with van der Waals surface area (Å²) < 4.78 is 5.33. The molecule has 12 heavy (non-hydrogen) atoms. The Kier molecular flexibility index (Phi) is 2.22. The summed E-state index contributed by atoms with van der Waals surface area (Å²) in [6.07, 6.45) is 6.03. The van der Waals surface area contributed by atoms with Crippen LogP contribution in [0.4, 0.5) is 0 Å². The van der Waals surface area contributed by atoms with Crippen LogP contribution in [-0.2, 0) is 4.74 Å². The summed E-state index contributed by atoms with van der Waals surface area (Å²) in [5, 5.41) is 0. The molecule has 2 rings (SSSR count). The molecule has 0 bridgehead atoms. The predicted octanol–water partition coefficient (Wildman–Crippen LogP) is 2.91. The van der Waals surface area contributed by atoms with Crippen molar-refractivity contribution in [3.8, 4) is 0 Å². The molecular weight excluding hydrogens is 148 g/mol. The van der Waals surface area contributed by atoms with Gasteiger partial charge in [0, 0.05) is 0 Å². The highest BCUT2D eigenvalue weighted by molar-refractivity contribution is 5.12. The topological polar surface area (TPSA) is 12.5 Å². The Morgan fingerprint density at radius 1 is 1.25 bits per heavy atom. The molecule has 2 fully saturated rings. The highest BCUT2D eigenvalue weighted by Crippen LogP contribution is 2.36. The number of hydrogen-bond acceptors (Lipinski definition) is 1. The lowest BCUT2D eigenvalue weighted by Crippen LogP contribution is -2.14. The first-order chi connectivity index (χ1) is 5.77. The molecule has 1 saturated heterocycles. The quantitative estimate of drug-likeness (QED) is 0.431. The summed E-state index contributed by atoms with van der Waals surface area (Å²) in [5.41, 5.74) is 3.25. The Morgan fingerprint density at radius 2 is 1.83 bits per heavy atom. The molecule has 1 saturated carbocycles. The molecule has 1 heteroatoms. The standard InChI is InChI=1S/C11H18O/c1-8(2)9-3-5-10(6-4-9)11-7-12-11/h10-11H,3-7H2,1-2H3. The van der Waals surface area contributed by atoms with Crippen LogP contribution in [0, 0.1) is 5.92 Å². The molecule has 0 radical (unpaired) electrons. The van der Waals surface area contributed by atoms with Crippen molar-refractivity contribution in [3.63, 3.8) is 0 Å². The largest absolute Gasteiger partial charge is 0.373 e. The second kappa shape index (κ2) is 3.21. The van der Waals surface area contributed by atoms with E-state index in [1.807, 2.05) is 0 Å². The van der Waals surface area contributed by atoms with E-state index in [0.717, 1.165) is 12.5 Å². The average molecular weight is 166 g/mol. The van der Waals surface area contributed by atoms with Gasteiger partial charge in [0.15, 0.2) is 0 Å². The molecule has 1 heterocycles. The van der Waals surface area contributed by atoms with Crippen LogP contribution in [0.25, 0.3) is 0 Å². The van der Waals surface area contributed by atoms with E-state index in [-0.39, 0.29) is 0 Å². The van der Waals surface area contributed by atoms with Crippen molar-refractivity contribution in [3.05, 3.63) is 11.1 Å². The lowest BCUT2D eigenvalue weighted by molar-refractivity contribution is 0.287. The fourth-order valence-corrected chi connectivity index (χ4v) is 2.19. The molecule has 0 spiro atoms. The smallest absolute Gasteiger partial charge is 0.0838 e. The monoisotopic (exact) mass is 166 g/mol. The van der Waals surface area contributed by atoms with Crippen molar-refractivity contribution in [1.29, 1.82) is 0 Å². The van der Waals surface area contributed by atoms with Crippen LogP contribution in [-0.4, -0.2) is 12.7 Å². The van der Waals surface area contributed by atoms with Gasteiger partial charge in [0.1, 0.15) is 0 Å². The minimum Gasteiger partial charge on any atom is -0.373 e. The third-order valence-corrected chi connectivity index (χ3v) is 3.23. The Balaban J connectivity index is 1.88. The van der Waals surface area contributed by atoms with Gasteiger partial charge >= 0.3 is 0 Å². The molecular formula is C11H18O. The van der Waals surface area contributed by atoms with E-state index in [0.29, 0.717) is 6.10 Å². The Hall–Kier alpha value is -0.300. The summed E-state index contributed by atoms with van der Waals surface area (Å²) in [4.78, 5) is 0. The summed E-state index contributed by atoms with van der Waals surface area (Å²) >= 11 is 0. The van der Waals surface area contributed by atoms with Crippen LogP contribution in [0.5, 0.6) is 0 Å². The number of epoxide rings is 1. The number of allylic oxidation sites excluding steroid dienone is 2. The van der Waals surface area contributed by atoms with Gasteiger partial charge in [-0.05, 0) is 45.4 Å². The Labute approximate surface area is 74.8 Å². The maximum absolute atomic E-state index is 5.33.